The zero-order valence-corrected chi connectivity index (χ0v) is 10.3. The van der Waals surface area contributed by atoms with Gasteiger partial charge in [-0.1, -0.05) is 29.5 Å². The molecule has 17 heavy (non-hydrogen) atoms. The molecule has 0 aliphatic carbocycles. The van der Waals surface area contributed by atoms with Crippen LogP contribution in [0.1, 0.15) is 22.7 Å². The van der Waals surface area contributed by atoms with E-state index in [4.69, 9.17) is 5.73 Å². The Bertz CT molecular complexity index is 490. The van der Waals surface area contributed by atoms with Gasteiger partial charge in [-0.15, -0.1) is 5.10 Å². The number of hydrogen-bond donors (Lipinski definition) is 1. The first-order chi connectivity index (χ1) is 8.20. The molecule has 1 atom stereocenters. The van der Waals surface area contributed by atoms with Crippen LogP contribution in [0.3, 0.4) is 0 Å². The monoisotopic (exact) mass is 230 g/mol. The van der Waals surface area contributed by atoms with Crippen molar-refractivity contribution in [3.63, 3.8) is 0 Å². The van der Waals surface area contributed by atoms with Crippen LogP contribution in [0.15, 0.2) is 30.5 Å². The fraction of sp³-hybridized carbons (Fsp3) is 0.385. The zero-order chi connectivity index (χ0) is 12.3. The van der Waals surface area contributed by atoms with Gasteiger partial charge in [-0.25, -0.2) is 0 Å². The highest BCUT2D eigenvalue weighted by molar-refractivity contribution is 5.30. The molecule has 0 fully saturated rings. The Morgan fingerprint density at radius 2 is 2.12 bits per heavy atom. The molecule has 1 aromatic heterocycles. The predicted molar refractivity (Wildman–Crippen MR) is 67.7 cm³/mol. The summed E-state index contributed by atoms with van der Waals surface area (Å²) in [4.78, 5) is 0. The number of aromatic nitrogens is 3. The normalized spacial score (nSPS) is 12.6. The van der Waals surface area contributed by atoms with Crippen LogP contribution in [0.2, 0.25) is 0 Å². The second kappa shape index (κ2) is 5.10. The molecule has 0 saturated carbocycles. The maximum atomic E-state index is 5.87. The predicted octanol–water partition coefficient (Wildman–Crippen LogP) is 1.41. The third kappa shape index (κ3) is 2.71. The quantitative estimate of drug-likeness (QED) is 0.864. The van der Waals surface area contributed by atoms with Gasteiger partial charge >= 0.3 is 0 Å². The molecular weight excluding hydrogens is 212 g/mol. The van der Waals surface area contributed by atoms with E-state index in [1.165, 1.54) is 11.1 Å². The summed E-state index contributed by atoms with van der Waals surface area (Å²) in [5, 5.41) is 8.06. The first-order valence-electron chi connectivity index (χ1n) is 5.81. The van der Waals surface area contributed by atoms with Crippen LogP contribution in [-0.2, 0) is 13.5 Å². The maximum absolute atomic E-state index is 5.87. The van der Waals surface area contributed by atoms with Gasteiger partial charge in [0, 0.05) is 25.6 Å². The molecule has 2 N–H and O–H groups in total. The fourth-order valence-corrected chi connectivity index (χ4v) is 2.11. The van der Waals surface area contributed by atoms with Crippen molar-refractivity contribution in [2.45, 2.75) is 19.3 Å². The van der Waals surface area contributed by atoms with Crippen molar-refractivity contribution in [3.05, 3.63) is 47.3 Å². The number of hydrogen-bond acceptors (Lipinski definition) is 3. The molecule has 0 amide bonds. The molecule has 1 heterocycles. The lowest BCUT2D eigenvalue weighted by Gasteiger charge is -2.16. The average Bonchev–Trinajstić information content (AvgIpc) is 2.73. The van der Waals surface area contributed by atoms with Crippen LogP contribution in [0, 0.1) is 6.92 Å². The molecule has 2 rings (SSSR count). The Labute approximate surface area is 101 Å². The van der Waals surface area contributed by atoms with E-state index < -0.39 is 0 Å². The highest BCUT2D eigenvalue weighted by Gasteiger charge is 2.14. The molecule has 2 aromatic rings. The second-order valence-corrected chi connectivity index (χ2v) is 4.38. The van der Waals surface area contributed by atoms with Gasteiger partial charge in [-0.3, -0.25) is 4.68 Å². The van der Waals surface area contributed by atoms with Crippen molar-refractivity contribution in [1.82, 2.24) is 15.0 Å². The maximum Gasteiger partial charge on any atom is 0.0833 e. The Morgan fingerprint density at radius 1 is 1.35 bits per heavy atom. The van der Waals surface area contributed by atoms with Crippen molar-refractivity contribution in [2.24, 2.45) is 12.8 Å². The van der Waals surface area contributed by atoms with E-state index in [1.807, 2.05) is 13.2 Å². The lowest BCUT2D eigenvalue weighted by Crippen LogP contribution is -2.16. The first kappa shape index (κ1) is 11.8. The Hall–Kier alpha value is -1.68. The molecule has 1 aromatic carbocycles. The third-order valence-corrected chi connectivity index (χ3v) is 3.02. The molecule has 4 heteroatoms. The standard InChI is InChI=1S/C13H18N4/c1-10-5-3-4-6-13(10)11(8-14)7-12-9-17(2)16-15-12/h3-6,9,11H,7-8,14H2,1-2H3. The summed E-state index contributed by atoms with van der Waals surface area (Å²) < 4.78 is 1.72. The summed E-state index contributed by atoms with van der Waals surface area (Å²) >= 11 is 0. The van der Waals surface area contributed by atoms with Crippen LogP contribution in [0.5, 0.6) is 0 Å². The van der Waals surface area contributed by atoms with Crippen molar-refractivity contribution in [1.29, 1.82) is 0 Å². The summed E-state index contributed by atoms with van der Waals surface area (Å²) in [6, 6.07) is 8.37. The SMILES string of the molecule is Cc1ccccc1C(CN)Cc1cn(C)nn1. The van der Waals surface area contributed by atoms with Crippen LogP contribution >= 0.6 is 0 Å². The minimum atomic E-state index is 0.313. The van der Waals surface area contributed by atoms with E-state index in [1.54, 1.807) is 4.68 Å². The first-order valence-corrected chi connectivity index (χ1v) is 5.81. The highest BCUT2D eigenvalue weighted by Crippen LogP contribution is 2.22. The van der Waals surface area contributed by atoms with Gasteiger partial charge in [-0.05, 0) is 24.6 Å². The number of rotatable bonds is 4. The Morgan fingerprint density at radius 3 is 2.71 bits per heavy atom. The van der Waals surface area contributed by atoms with Crippen molar-refractivity contribution in [3.8, 4) is 0 Å². The summed E-state index contributed by atoms with van der Waals surface area (Å²) in [5.41, 5.74) is 9.46. The van der Waals surface area contributed by atoms with Crippen LogP contribution in [0.25, 0.3) is 0 Å². The largest absolute Gasteiger partial charge is 0.330 e. The molecule has 0 radical (unpaired) electrons. The topological polar surface area (TPSA) is 56.7 Å². The van der Waals surface area contributed by atoms with Crippen molar-refractivity contribution < 1.29 is 0 Å². The summed E-state index contributed by atoms with van der Waals surface area (Å²) in [7, 11) is 1.88. The smallest absolute Gasteiger partial charge is 0.0833 e. The van der Waals surface area contributed by atoms with Gasteiger partial charge in [-0.2, -0.15) is 0 Å². The fourth-order valence-electron chi connectivity index (χ4n) is 2.11. The van der Waals surface area contributed by atoms with E-state index in [0.29, 0.717) is 12.5 Å². The van der Waals surface area contributed by atoms with Crippen molar-refractivity contribution in [2.75, 3.05) is 6.54 Å². The van der Waals surface area contributed by atoms with Gasteiger partial charge in [0.1, 0.15) is 0 Å². The Kier molecular flexibility index (Phi) is 3.54. The summed E-state index contributed by atoms with van der Waals surface area (Å²) in [6.07, 6.45) is 2.79. The molecule has 0 aliphatic heterocycles. The lowest BCUT2D eigenvalue weighted by molar-refractivity contribution is 0.673. The molecule has 4 nitrogen and oxygen atoms in total. The summed E-state index contributed by atoms with van der Waals surface area (Å²) in [5.74, 6) is 0.313. The second-order valence-electron chi connectivity index (χ2n) is 4.38. The molecule has 1 unspecified atom stereocenters. The van der Waals surface area contributed by atoms with Crippen LogP contribution in [-0.4, -0.2) is 21.5 Å². The minimum Gasteiger partial charge on any atom is -0.330 e. The van der Waals surface area contributed by atoms with E-state index >= 15 is 0 Å². The molecule has 0 bridgehead atoms. The van der Waals surface area contributed by atoms with E-state index in [0.717, 1.165) is 12.1 Å². The van der Waals surface area contributed by atoms with E-state index in [2.05, 4.69) is 41.5 Å². The van der Waals surface area contributed by atoms with Crippen LogP contribution < -0.4 is 5.73 Å². The Balaban J connectivity index is 2.20. The molecule has 0 saturated heterocycles. The summed E-state index contributed by atoms with van der Waals surface area (Å²) in [6.45, 7) is 2.75. The zero-order valence-electron chi connectivity index (χ0n) is 10.3. The van der Waals surface area contributed by atoms with Crippen LogP contribution in [0.4, 0.5) is 0 Å². The van der Waals surface area contributed by atoms with Crippen molar-refractivity contribution >= 4 is 0 Å². The van der Waals surface area contributed by atoms with Gasteiger partial charge in [0.05, 0.1) is 5.69 Å². The van der Waals surface area contributed by atoms with Gasteiger partial charge < -0.3 is 5.73 Å². The van der Waals surface area contributed by atoms with E-state index in [9.17, 15) is 0 Å². The molecule has 0 spiro atoms. The van der Waals surface area contributed by atoms with E-state index in [-0.39, 0.29) is 0 Å². The minimum absolute atomic E-state index is 0.313. The van der Waals surface area contributed by atoms with Gasteiger partial charge in [0.25, 0.3) is 0 Å². The van der Waals surface area contributed by atoms with Gasteiger partial charge in [0.15, 0.2) is 0 Å². The third-order valence-electron chi connectivity index (χ3n) is 3.02. The number of nitrogens with two attached hydrogens (primary N) is 1. The average molecular weight is 230 g/mol. The number of benzene rings is 1. The molecular formula is C13H18N4. The van der Waals surface area contributed by atoms with Gasteiger partial charge in [0.2, 0.25) is 0 Å². The number of nitrogens with zero attached hydrogens (tertiary/aromatic N) is 3. The highest BCUT2D eigenvalue weighted by atomic mass is 15.4. The molecule has 0 aliphatic rings. The number of aryl methyl sites for hydroxylation is 2. The molecule has 90 valence electrons. The lowest BCUT2D eigenvalue weighted by atomic mass is 9.91.